The molecule has 0 amide bonds. The van der Waals surface area contributed by atoms with Crippen molar-refractivity contribution in [2.45, 2.75) is 19.4 Å². The van der Waals surface area contributed by atoms with Crippen LogP contribution in [-0.4, -0.2) is 24.5 Å². The number of nitrogens with one attached hydrogen (secondary N) is 2. The van der Waals surface area contributed by atoms with Crippen LogP contribution in [-0.2, 0) is 6.54 Å². The van der Waals surface area contributed by atoms with Crippen molar-refractivity contribution >= 4 is 17.6 Å². The van der Waals surface area contributed by atoms with Crippen molar-refractivity contribution in [3.05, 3.63) is 64.9 Å². The molecule has 0 saturated carbocycles. The molecule has 0 fully saturated rings. The zero-order chi connectivity index (χ0) is 15.8. The molecule has 1 aromatic carbocycles. The summed E-state index contributed by atoms with van der Waals surface area (Å²) in [7, 11) is 1.77. The molecule has 0 radical (unpaired) electrons. The second-order valence-electron chi connectivity index (χ2n) is 5.11. The highest BCUT2D eigenvalue weighted by molar-refractivity contribution is 6.29. The first-order valence-corrected chi connectivity index (χ1v) is 7.66. The van der Waals surface area contributed by atoms with Crippen molar-refractivity contribution in [3.63, 3.8) is 0 Å². The number of aliphatic imine (C=N–C) groups is 1. The fourth-order valence-corrected chi connectivity index (χ4v) is 2.18. The van der Waals surface area contributed by atoms with Crippen LogP contribution in [0, 0.1) is 0 Å². The standard InChI is InChI=1S/C17H21ClN4/c1-13(15-6-4-3-5-7-15)10-21-17(19-2)22-12-14-8-9-16(18)20-11-14/h3-9,11,13H,10,12H2,1-2H3,(H2,19,21,22). The predicted molar refractivity (Wildman–Crippen MR) is 92.3 cm³/mol. The largest absolute Gasteiger partial charge is 0.356 e. The van der Waals surface area contributed by atoms with E-state index in [1.165, 1.54) is 5.56 Å². The fourth-order valence-electron chi connectivity index (χ4n) is 2.07. The minimum absolute atomic E-state index is 0.414. The van der Waals surface area contributed by atoms with E-state index in [1.54, 1.807) is 19.3 Å². The summed E-state index contributed by atoms with van der Waals surface area (Å²) in [6, 6.07) is 14.2. The average Bonchev–Trinajstić information content (AvgIpc) is 2.57. The van der Waals surface area contributed by atoms with E-state index in [2.05, 4.69) is 51.8 Å². The number of halogens is 1. The molecule has 116 valence electrons. The number of aromatic nitrogens is 1. The van der Waals surface area contributed by atoms with E-state index in [9.17, 15) is 0 Å². The van der Waals surface area contributed by atoms with Crippen LogP contribution in [0.3, 0.4) is 0 Å². The summed E-state index contributed by atoms with van der Waals surface area (Å²) in [5.74, 6) is 1.19. The molecule has 0 spiro atoms. The maximum Gasteiger partial charge on any atom is 0.191 e. The Bertz CT molecular complexity index is 596. The highest BCUT2D eigenvalue weighted by atomic mass is 35.5. The molecule has 0 bridgehead atoms. The molecule has 5 heteroatoms. The first kappa shape index (κ1) is 16.3. The molecule has 0 aliphatic carbocycles. The van der Waals surface area contributed by atoms with Crippen LogP contribution >= 0.6 is 11.6 Å². The van der Waals surface area contributed by atoms with Crippen molar-refractivity contribution in [1.29, 1.82) is 0 Å². The average molecular weight is 317 g/mol. The SMILES string of the molecule is CN=C(NCc1ccc(Cl)nc1)NCC(C)c1ccccc1. The molecule has 4 nitrogen and oxygen atoms in total. The Morgan fingerprint density at radius 3 is 2.59 bits per heavy atom. The maximum atomic E-state index is 5.78. The van der Waals surface area contributed by atoms with Gasteiger partial charge in [0, 0.05) is 26.3 Å². The molecule has 22 heavy (non-hydrogen) atoms. The molecule has 2 N–H and O–H groups in total. The van der Waals surface area contributed by atoms with Gasteiger partial charge in [-0.1, -0.05) is 54.9 Å². The van der Waals surface area contributed by atoms with Crippen LogP contribution in [0.2, 0.25) is 5.15 Å². The van der Waals surface area contributed by atoms with E-state index in [4.69, 9.17) is 11.6 Å². The number of pyridine rings is 1. The minimum atomic E-state index is 0.414. The molecule has 1 unspecified atom stereocenters. The third-order valence-electron chi connectivity index (χ3n) is 3.42. The van der Waals surface area contributed by atoms with Crippen molar-refractivity contribution in [2.75, 3.05) is 13.6 Å². The second-order valence-corrected chi connectivity index (χ2v) is 5.49. The molecular weight excluding hydrogens is 296 g/mol. The minimum Gasteiger partial charge on any atom is -0.356 e. The topological polar surface area (TPSA) is 49.3 Å². The van der Waals surface area contributed by atoms with Gasteiger partial charge in [-0.25, -0.2) is 4.98 Å². The van der Waals surface area contributed by atoms with Gasteiger partial charge in [0.05, 0.1) is 0 Å². The van der Waals surface area contributed by atoms with Crippen LogP contribution in [0.15, 0.2) is 53.7 Å². The van der Waals surface area contributed by atoms with Crippen molar-refractivity contribution in [2.24, 2.45) is 4.99 Å². The van der Waals surface area contributed by atoms with E-state index in [0.29, 0.717) is 17.6 Å². The smallest absolute Gasteiger partial charge is 0.191 e. The highest BCUT2D eigenvalue weighted by Crippen LogP contribution is 2.12. The van der Waals surface area contributed by atoms with E-state index in [-0.39, 0.29) is 0 Å². The number of hydrogen-bond donors (Lipinski definition) is 2. The fraction of sp³-hybridized carbons (Fsp3) is 0.294. The molecule has 2 rings (SSSR count). The zero-order valence-electron chi connectivity index (χ0n) is 12.9. The van der Waals surface area contributed by atoms with Crippen molar-refractivity contribution in [1.82, 2.24) is 15.6 Å². The number of nitrogens with zero attached hydrogens (tertiary/aromatic N) is 2. The molecule has 0 saturated heterocycles. The number of guanidine groups is 1. The van der Waals surface area contributed by atoms with Crippen molar-refractivity contribution < 1.29 is 0 Å². The number of hydrogen-bond acceptors (Lipinski definition) is 2. The lowest BCUT2D eigenvalue weighted by Gasteiger charge is -2.16. The summed E-state index contributed by atoms with van der Waals surface area (Å²) in [6.45, 7) is 3.67. The lowest BCUT2D eigenvalue weighted by Crippen LogP contribution is -2.38. The van der Waals surface area contributed by atoms with Gasteiger partial charge in [0.2, 0.25) is 0 Å². The number of rotatable bonds is 5. The van der Waals surface area contributed by atoms with Crippen LogP contribution < -0.4 is 10.6 Å². The van der Waals surface area contributed by atoms with E-state index < -0.39 is 0 Å². The zero-order valence-corrected chi connectivity index (χ0v) is 13.6. The van der Waals surface area contributed by atoms with Crippen LogP contribution in [0.4, 0.5) is 0 Å². The predicted octanol–water partition coefficient (Wildman–Crippen LogP) is 3.20. The van der Waals surface area contributed by atoms with Gasteiger partial charge in [-0.3, -0.25) is 4.99 Å². The normalized spacial score (nSPS) is 12.8. The Morgan fingerprint density at radius 1 is 1.18 bits per heavy atom. The van der Waals surface area contributed by atoms with Gasteiger partial charge in [0.15, 0.2) is 5.96 Å². The molecular formula is C17H21ClN4. The van der Waals surface area contributed by atoms with Crippen LogP contribution in [0.1, 0.15) is 24.0 Å². The molecule has 1 aromatic heterocycles. The van der Waals surface area contributed by atoms with Gasteiger partial charge in [0.25, 0.3) is 0 Å². The molecule has 1 heterocycles. The monoisotopic (exact) mass is 316 g/mol. The van der Waals surface area contributed by atoms with E-state index >= 15 is 0 Å². The molecule has 1 atom stereocenters. The van der Waals surface area contributed by atoms with Crippen molar-refractivity contribution in [3.8, 4) is 0 Å². The Hall–Kier alpha value is -2.07. The van der Waals surface area contributed by atoms with Gasteiger partial charge in [-0.05, 0) is 23.1 Å². The van der Waals surface area contributed by atoms with Gasteiger partial charge in [-0.15, -0.1) is 0 Å². The molecule has 0 aliphatic heterocycles. The van der Waals surface area contributed by atoms with Gasteiger partial charge < -0.3 is 10.6 Å². The Morgan fingerprint density at radius 2 is 1.95 bits per heavy atom. The first-order valence-electron chi connectivity index (χ1n) is 7.29. The van der Waals surface area contributed by atoms with Gasteiger partial charge in [0.1, 0.15) is 5.15 Å². The highest BCUT2D eigenvalue weighted by Gasteiger charge is 2.06. The third kappa shape index (κ3) is 5.04. The Kier molecular flexibility index (Phi) is 6.22. The number of benzene rings is 1. The van der Waals surface area contributed by atoms with Gasteiger partial charge in [-0.2, -0.15) is 0 Å². The summed E-state index contributed by atoms with van der Waals surface area (Å²) in [6.07, 6.45) is 1.76. The second kappa shape index (κ2) is 8.39. The first-order chi connectivity index (χ1) is 10.7. The summed E-state index contributed by atoms with van der Waals surface area (Å²) in [5.41, 5.74) is 2.37. The van der Waals surface area contributed by atoms with Crippen LogP contribution in [0.5, 0.6) is 0 Å². The Labute approximate surface area is 136 Å². The van der Waals surface area contributed by atoms with E-state index in [1.807, 2.05) is 12.1 Å². The molecule has 0 aliphatic rings. The summed E-state index contributed by atoms with van der Waals surface area (Å²) in [4.78, 5) is 8.30. The lowest BCUT2D eigenvalue weighted by molar-refractivity contribution is 0.698. The van der Waals surface area contributed by atoms with Crippen LogP contribution in [0.25, 0.3) is 0 Å². The molecule has 2 aromatic rings. The summed E-state index contributed by atoms with van der Waals surface area (Å²) in [5, 5.41) is 7.11. The quantitative estimate of drug-likeness (QED) is 0.506. The lowest BCUT2D eigenvalue weighted by atomic mass is 10.0. The Balaban J connectivity index is 1.81. The van der Waals surface area contributed by atoms with Gasteiger partial charge >= 0.3 is 0 Å². The summed E-state index contributed by atoms with van der Waals surface area (Å²) < 4.78 is 0. The third-order valence-corrected chi connectivity index (χ3v) is 3.64. The van der Waals surface area contributed by atoms with E-state index in [0.717, 1.165) is 18.1 Å². The summed E-state index contributed by atoms with van der Waals surface area (Å²) >= 11 is 5.78. The maximum absolute atomic E-state index is 5.78.